The molecule has 3 rings (SSSR count). The Labute approximate surface area is 172 Å². The largest absolute Gasteiger partial charge is 0.494 e. The second-order valence-electron chi connectivity index (χ2n) is 5.73. The van der Waals surface area contributed by atoms with E-state index < -0.39 is 10.1 Å². The number of hydrogen-bond acceptors (Lipinski definition) is 5. The lowest BCUT2D eigenvalue weighted by atomic mass is 10.2. The molecule has 0 atom stereocenters. The van der Waals surface area contributed by atoms with Crippen molar-refractivity contribution in [3.63, 3.8) is 0 Å². The van der Waals surface area contributed by atoms with Gasteiger partial charge >= 0.3 is 10.1 Å². The first-order valence-corrected chi connectivity index (χ1v) is 10.7. The first-order valence-electron chi connectivity index (χ1n) is 8.54. The number of benzene rings is 3. The summed E-state index contributed by atoms with van der Waals surface area (Å²) in [5.41, 5.74) is 1.58. The van der Waals surface area contributed by atoms with E-state index in [0.717, 1.165) is 17.0 Å². The Bertz CT molecular complexity index is 1070. The van der Waals surface area contributed by atoms with Crippen molar-refractivity contribution in [3.8, 4) is 11.5 Å². The van der Waals surface area contributed by atoms with E-state index in [0.29, 0.717) is 11.1 Å². The fourth-order valence-corrected chi connectivity index (χ4v) is 3.92. The number of halogens is 1. The van der Waals surface area contributed by atoms with Crippen LogP contribution in [0.25, 0.3) is 0 Å². The maximum absolute atomic E-state index is 12.3. The predicted octanol–water partition coefficient (Wildman–Crippen LogP) is 5.37. The van der Waals surface area contributed by atoms with Crippen LogP contribution in [-0.2, 0) is 10.1 Å². The molecule has 0 amide bonds. The molecular weight excluding hydrogens is 442 g/mol. The smallest absolute Gasteiger partial charge is 0.339 e. The van der Waals surface area contributed by atoms with Gasteiger partial charge < -0.3 is 8.92 Å². The second kappa shape index (κ2) is 9.03. The Balaban J connectivity index is 1.73. The van der Waals surface area contributed by atoms with Crippen molar-refractivity contribution >= 4 is 38.0 Å². The average Bonchev–Trinajstić information content (AvgIpc) is 2.70. The SMILES string of the molecule is CCOc1ccc(N=Cc2ccc(OS(=O)(=O)c3ccccc3)c(Br)c2)cc1. The highest BCUT2D eigenvalue weighted by molar-refractivity contribution is 9.10. The molecule has 0 saturated carbocycles. The van der Waals surface area contributed by atoms with E-state index in [2.05, 4.69) is 20.9 Å². The molecule has 0 heterocycles. The van der Waals surface area contributed by atoms with Crippen LogP contribution in [0.15, 0.2) is 87.2 Å². The van der Waals surface area contributed by atoms with Crippen LogP contribution in [0.2, 0.25) is 0 Å². The summed E-state index contributed by atoms with van der Waals surface area (Å²) in [4.78, 5) is 4.51. The zero-order chi connectivity index (χ0) is 20.0. The molecule has 0 aliphatic carbocycles. The van der Waals surface area contributed by atoms with E-state index in [4.69, 9.17) is 8.92 Å². The van der Waals surface area contributed by atoms with Gasteiger partial charge in [-0.05, 0) is 83.0 Å². The molecule has 0 aromatic heterocycles. The third-order valence-corrected chi connectivity index (χ3v) is 5.57. The van der Waals surface area contributed by atoms with Gasteiger partial charge in [-0.1, -0.05) is 18.2 Å². The summed E-state index contributed by atoms with van der Waals surface area (Å²) in [6.45, 7) is 2.55. The van der Waals surface area contributed by atoms with Gasteiger partial charge in [0, 0.05) is 6.21 Å². The Kier molecular flexibility index (Phi) is 6.49. The zero-order valence-electron chi connectivity index (χ0n) is 15.1. The van der Waals surface area contributed by atoms with Crippen LogP contribution in [0.3, 0.4) is 0 Å². The molecule has 28 heavy (non-hydrogen) atoms. The van der Waals surface area contributed by atoms with Gasteiger partial charge in [0.2, 0.25) is 0 Å². The Hall–Kier alpha value is -2.64. The van der Waals surface area contributed by atoms with Crippen LogP contribution in [0, 0.1) is 0 Å². The molecule has 0 spiro atoms. The topological polar surface area (TPSA) is 65.0 Å². The van der Waals surface area contributed by atoms with Gasteiger partial charge in [0.25, 0.3) is 0 Å². The maximum Gasteiger partial charge on any atom is 0.339 e. The van der Waals surface area contributed by atoms with E-state index in [1.807, 2.05) is 31.2 Å². The lowest BCUT2D eigenvalue weighted by Gasteiger charge is -2.09. The van der Waals surface area contributed by atoms with E-state index in [9.17, 15) is 8.42 Å². The van der Waals surface area contributed by atoms with Gasteiger partial charge in [-0.25, -0.2) is 0 Å². The van der Waals surface area contributed by atoms with Crippen LogP contribution in [0.5, 0.6) is 11.5 Å². The monoisotopic (exact) mass is 459 g/mol. The average molecular weight is 460 g/mol. The quantitative estimate of drug-likeness (QED) is 0.352. The summed E-state index contributed by atoms with van der Waals surface area (Å²) >= 11 is 3.36. The molecule has 0 N–H and O–H groups in total. The lowest BCUT2D eigenvalue weighted by Crippen LogP contribution is -2.09. The molecule has 0 fully saturated rings. The van der Waals surface area contributed by atoms with Crippen LogP contribution in [0.4, 0.5) is 5.69 Å². The zero-order valence-corrected chi connectivity index (χ0v) is 17.5. The minimum atomic E-state index is -3.89. The standard InChI is InChI=1S/C21H18BrNO4S/c1-2-26-18-11-9-17(10-12-18)23-15-16-8-13-21(20(22)14-16)27-28(24,25)19-6-4-3-5-7-19/h3-15H,2H2,1H3. The van der Waals surface area contributed by atoms with Crippen molar-refractivity contribution < 1.29 is 17.3 Å². The summed E-state index contributed by atoms with van der Waals surface area (Å²) < 4.78 is 35.8. The van der Waals surface area contributed by atoms with Crippen LogP contribution in [-0.4, -0.2) is 21.2 Å². The Morgan fingerprint density at radius 2 is 1.71 bits per heavy atom. The van der Waals surface area contributed by atoms with Crippen molar-refractivity contribution in [2.45, 2.75) is 11.8 Å². The highest BCUT2D eigenvalue weighted by Gasteiger charge is 2.17. The van der Waals surface area contributed by atoms with Crippen molar-refractivity contribution in [3.05, 3.63) is 82.8 Å². The number of aliphatic imine (C=N–C) groups is 1. The third-order valence-electron chi connectivity index (χ3n) is 3.70. The highest BCUT2D eigenvalue weighted by atomic mass is 79.9. The summed E-state index contributed by atoms with van der Waals surface area (Å²) in [5.74, 6) is 1.01. The first kappa shape index (κ1) is 20.1. The second-order valence-corrected chi connectivity index (χ2v) is 8.13. The predicted molar refractivity (Wildman–Crippen MR) is 113 cm³/mol. The molecule has 144 valence electrons. The summed E-state index contributed by atoms with van der Waals surface area (Å²) in [5, 5.41) is 0. The van der Waals surface area contributed by atoms with Gasteiger partial charge in [-0.15, -0.1) is 0 Å². The van der Waals surface area contributed by atoms with Crippen molar-refractivity contribution in [1.29, 1.82) is 0 Å². The normalized spacial score (nSPS) is 11.5. The number of ether oxygens (including phenoxy) is 1. The molecule has 0 aliphatic rings. The van der Waals surface area contributed by atoms with E-state index >= 15 is 0 Å². The fourth-order valence-electron chi connectivity index (χ4n) is 2.36. The van der Waals surface area contributed by atoms with E-state index in [-0.39, 0.29) is 10.6 Å². The summed E-state index contributed by atoms with van der Waals surface area (Å²) in [6, 6.07) is 20.5. The van der Waals surface area contributed by atoms with Crippen LogP contribution in [0.1, 0.15) is 12.5 Å². The highest BCUT2D eigenvalue weighted by Crippen LogP contribution is 2.29. The van der Waals surface area contributed by atoms with Crippen LogP contribution < -0.4 is 8.92 Å². The number of nitrogens with zero attached hydrogens (tertiary/aromatic N) is 1. The summed E-state index contributed by atoms with van der Waals surface area (Å²) in [7, 11) is -3.89. The maximum atomic E-state index is 12.3. The van der Waals surface area contributed by atoms with Crippen molar-refractivity contribution in [2.24, 2.45) is 4.99 Å². The molecule has 3 aromatic carbocycles. The van der Waals surface area contributed by atoms with E-state index in [1.54, 1.807) is 42.6 Å². The molecule has 0 saturated heterocycles. The lowest BCUT2D eigenvalue weighted by molar-refractivity contribution is 0.340. The minimum Gasteiger partial charge on any atom is -0.494 e. The minimum absolute atomic E-state index is 0.100. The summed E-state index contributed by atoms with van der Waals surface area (Å²) in [6.07, 6.45) is 1.69. The fraction of sp³-hybridized carbons (Fsp3) is 0.0952. The first-order chi connectivity index (χ1) is 13.5. The van der Waals surface area contributed by atoms with Crippen molar-refractivity contribution in [2.75, 3.05) is 6.61 Å². The Morgan fingerprint density at radius 3 is 2.36 bits per heavy atom. The van der Waals surface area contributed by atoms with Gasteiger partial charge in [-0.2, -0.15) is 8.42 Å². The number of rotatable bonds is 7. The molecule has 0 radical (unpaired) electrons. The van der Waals surface area contributed by atoms with Gasteiger partial charge in [-0.3, -0.25) is 4.99 Å². The molecule has 0 aliphatic heterocycles. The molecule has 5 nitrogen and oxygen atoms in total. The van der Waals surface area contributed by atoms with Gasteiger partial charge in [0.05, 0.1) is 16.8 Å². The van der Waals surface area contributed by atoms with Gasteiger partial charge in [0.1, 0.15) is 10.6 Å². The third kappa shape index (κ3) is 5.21. The molecule has 3 aromatic rings. The van der Waals surface area contributed by atoms with Gasteiger partial charge in [0.15, 0.2) is 5.75 Å². The van der Waals surface area contributed by atoms with E-state index in [1.165, 1.54) is 12.1 Å². The molecule has 0 bridgehead atoms. The molecule has 0 unspecified atom stereocenters. The Morgan fingerprint density at radius 1 is 1.00 bits per heavy atom. The van der Waals surface area contributed by atoms with Crippen LogP contribution >= 0.6 is 15.9 Å². The molecule has 7 heteroatoms. The number of hydrogen-bond donors (Lipinski definition) is 0. The van der Waals surface area contributed by atoms with Crippen molar-refractivity contribution in [1.82, 2.24) is 0 Å². The molecular formula is C21H18BrNO4S.